The number of rotatable bonds is 7. The summed E-state index contributed by atoms with van der Waals surface area (Å²) >= 11 is 1.70. The third kappa shape index (κ3) is 4.48. The van der Waals surface area contributed by atoms with Crippen LogP contribution < -0.4 is 10.2 Å². The van der Waals surface area contributed by atoms with Crippen LogP contribution in [0.25, 0.3) is 0 Å². The Hall–Kier alpha value is -2.08. The first-order valence-corrected chi connectivity index (χ1v) is 11.6. The highest BCUT2D eigenvalue weighted by Gasteiger charge is 2.44. The topological polar surface area (TPSA) is 32.3 Å². The quantitative estimate of drug-likeness (QED) is 0.556. The smallest absolute Gasteiger partial charge is 0.225 e. The van der Waals surface area contributed by atoms with Crippen LogP contribution in [0.15, 0.2) is 35.2 Å². The summed E-state index contributed by atoms with van der Waals surface area (Å²) in [5, 5.41) is 3.06. The van der Waals surface area contributed by atoms with E-state index in [-0.39, 0.29) is 18.1 Å². The van der Waals surface area contributed by atoms with Crippen molar-refractivity contribution in [2.75, 3.05) is 29.2 Å². The summed E-state index contributed by atoms with van der Waals surface area (Å²) < 4.78 is 26.7. The zero-order valence-electron chi connectivity index (χ0n) is 17.6. The van der Waals surface area contributed by atoms with E-state index in [2.05, 4.69) is 29.3 Å². The van der Waals surface area contributed by atoms with Gasteiger partial charge in [0.15, 0.2) is 0 Å². The van der Waals surface area contributed by atoms with E-state index in [0.717, 1.165) is 71.1 Å². The molecule has 0 spiro atoms. The Balaban J connectivity index is 1.55. The second-order valence-electron chi connectivity index (χ2n) is 8.51. The number of anilines is 2. The number of nitrogens with one attached hydrogen (secondary N) is 1. The number of benzene rings is 2. The van der Waals surface area contributed by atoms with Crippen molar-refractivity contribution in [2.24, 2.45) is 5.41 Å². The third-order valence-electron chi connectivity index (χ3n) is 6.17. The van der Waals surface area contributed by atoms with E-state index in [0.29, 0.717) is 0 Å². The second kappa shape index (κ2) is 8.58. The first-order chi connectivity index (χ1) is 14.4. The molecule has 1 heterocycles. The fourth-order valence-corrected chi connectivity index (χ4v) is 5.02. The van der Waals surface area contributed by atoms with Gasteiger partial charge in [-0.25, -0.2) is 4.39 Å². The average Bonchev–Trinajstić information content (AvgIpc) is 3.50. The molecule has 0 radical (unpaired) electrons. The van der Waals surface area contributed by atoms with Crippen molar-refractivity contribution < 1.29 is 13.6 Å². The van der Waals surface area contributed by atoms with E-state index in [1.54, 1.807) is 17.8 Å². The van der Waals surface area contributed by atoms with Gasteiger partial charge in [0.2, 0.25) is 5.91 Å². The van der Waals surface area contributed by atoms with Crippen LogP contribution >= 0.6 is 11.8 Å². The van der Waals surface area contributed by atoms with Crippen LogP contribution in [0.4, 0.5) is 20.2 Å². The molecule has 0 saturated heterocycles. The molecule has 1 amide bonds. The highest BCUT2D eigenvalue weighted by Crippen LogP contribution is 2.49. The second-order valence-corrected chi connectivity index (χ2v) is 9.82. The fourth-order valence-electron chi connectivity index (χ4n) is 4.15. The molecule has 6 heteroatoms. The van der Waals surface area contributed by atoms with E-state index in [1.165, 1.54) is 6.07 Å². The van der Waals surface area contributed by atoms with Crippen LogP contribution in [0, 0.1) is 18.2 Å². The van der Waals surface area contributed by atoms with Crippen LogP contribution in [-0.2, 0) is 17.8 Å². The predicted octanol–water partition coefficient (Wildman–Crippen LogP) is 5.89. The summed E-state index contributed by atoms with van der Waals surface area (Å²) in [6, 6.07) is 9.27. The molecular formula is C24H28F2N2OS. The molecule has 1 N–H and O–H groups in total. The number of nitrogens with zero attached hydrogens (tertiary/aromatic N) is 1. The van der Waals surface area contributed by atoms with Crippen LogP contribution in [-0.4, -0.2) is 24.9 Å². The Morgan fingerprint density at radius 2 is 2.03 bits per heavy atom. The van der Waals surface area contributed by atoms with Gasteiger partial charge in [0, 0.05) is 35.5 Å². The molecule has 4 rings (SSSR count). The molecule has 2 aliphatic rings. The predicted molar refractivity (Wildman–Crippen MR) is 120 cm³/mol. The van der Waals surface area contributed by atoms with Crippen molar-refractivity contribution in [1.29, 1.82) is 0 Å². The summed E-state index contributed by atoms with van der Waals surface area (Å²) in [6.45, 7) is 5.25. The molecule has 0 bridgehead atoms. The number of hydrogen-bond donors (Lipinski definition) is 1. The molecule has 0 unspecified atom stereocenters. The summed E-state index contributed by atoms with van der Waals surface area (Å²) in [6.07, 6.45) is 2.66. The number of carbonyl (C=O) groups excluding carboxylic acids is 1. The van der Waals surface area contributed by atoms with Crippen molar-refractivity contribution in [1.82, 2.24) is 0 Å². The Bertz CT molecular complexity index is 958. The van der Waals surface area contributed by atoms with Gasteiger partial charge in [-0.2, -0.15) is 0 Å². The van der Waals surface area contributed by atoms with Crippen molar-refractivity contribution >= 4 is 29.0 Å². The van der Waals surface area contributed by atoms with Gasteiger partial charge < -0.3 is 10.2 Å². The molecule has 0 atom stereocenters. The highest BCUT2D eigenvalue weighted by atomic mass is 32.2. The number of amides is 1. The van der Waals surface area contributed by atoms with E-state index in [9.17, 15) is 13.6 Å². The molecule has 30 heavy (non-hydrogen) atoms. The van der Waals surface area contributed by atoms with Crippen LogP contribution in [0.5, 0.6) is 0 Å². The molecule has 1 fully saturated rings. The van der Waals surface area contributed by atoms with Gasteiger partial charge in [-0.3, -0.25) is 9.18 Å². The lowest BCUT2D eigenvalue weighted by Crippen LogP contribution is -2.30. The molecule has 160 valence electrons. The van der Waals surface area contributed by atoms with Gasteiger partial charge in [0.25, 0.3) is 0 Å². The van der Waals surface area contributed by atoms with Crippen molar-refractivity contribution in [3.8, 4) is 0 Å². The normalized spacial score (nSPS) is 16.9. The maximum atomic E-state index is 13.5. The van der Waals surface area contributed by atoms with Crippen LogP contribution in [0.2, 0.25) is 0 Å². The maximum Gasteiger partial charge on any atom is 0.225 e. The number of aryl methyl sites for hydroxylation is 1. The van der Waals surface area contributed by atoms with E-state index >= 15 is 0 Å². The van der Waals surface area contributed by atoms with Gasteiger partial charge in [-0.15, -0.1) is 11.8 Å². The first kappa shape index (κ1) is 21.2. The van der Waals surface area contributed by atoms with Gasteiger partial charge in [0.05, 0.1) is 12.4 Å². The van der Waals surface area contributed by atoms with E-state index in [4.69, 9.17) is 0 Å². The Morgan fingerprint density at radius 3 is 2.73 bits per heavy atom. The lowest BCUT2D eigenvalue weighted by molar-refractivity contribution is -0.117. The Labute approximate surface area is 181 Å². The summed E-state index contributed by atoms with van der Waals surface area (Å²) in [5.41, 5.74) is 4.77. The average molecular weight is 431 g/mol. The largest absolute Gasteiger partial charge is 0.367 e. The molecule has 1 saturated carbocycles. The van der Waals surface area contributed by atoms with Gasteiger partial charge in [-0.1, -0.05) is 13.0 Å². The van der Waals surface area contributed by atoms with E-state index < -0.39 is 12.1 Å². The fraction of sp³-hybridized carbons (Fsp3) is 0.458. The number of hydrogen-bond acceptors (Lipinski definition) is 3. The Kier molecular flexibility index (Phi) is 6.05. The van der Waals surface area contributed by atoms with Gasteiger partial charge in [0.1, 0.15) is 5.82 Å². The number of fused-ring (bicyclic) bond motifs is 1. The molecule has 1 aliphatic heterocycles. The standard InChI is InChI=1S/C24H28F2N2OS/c1-3-30-21-12-20(28-9-6-17-11-19(26)5-4-18(17)14-28)10-16(2)23(21)27-22(29)13-24(15-25)7-8-24/h4-5,10-12H,3,6-9,13-15H2,1-2H3,(H,27,29). The number of thioether (sulfide) groups is 1. The SMILES string of the molecule is CCSc1cc(N2CCc3cc(F)ccc3C2)cc(C)c1NC(=O)CC1(CF)CC1. The minimum Gasteiger partial charge on any atom is -0.367 e. The molecular weight excluding hydrogens is 402 g/mol. The molecule has 3 nitrogen and oxygen atoms in total. The van der Waals surface area contributed by atoms with Crippen molar-refractivity contribution in [3.05, 3.63) is 52.8 Å². The zero-order valence-corrected chi connectivity index (χ0v) is 18.4. The monoisotopic (exact) mass is 430 g/mol. The summed E-state index contributed by atoms with van der Waals surface area (Å²) in [4.78, 5) is 15.9. The molecule has 1 aliphatic carbocycles. The van der Waals surface area contributed by atoms with Crippen LogP contribution in [0.3, 0.4) is 0 Å². The number of carbonyl (C=O) groups is 1. The summed E-state index contributed by atoms with van der Waals surface area (Å²) in [5.74, 6) is 0.607. The maximum absolute atomic E-state index is 13.5. The minimum atomic E-state index is -0.421. The van der Waals surface area contributed by atoms with Crippen LogP contribution in [0.1, 0.15) is 42.9 Å². The van der Waals surface area contributed by atoms with Crippen molar-refractivity contribution in [3.63, 3.8) is 0 Å². The Morgan fingerprint density at radius 1 is 1.23 bits per heavy atom. The van der Waals surface area contributed by atoms with Crippen molar-refractivity contribution in [2.45, 2.75) is 51.0 Å². The highest BCUT2D eigenvalue weighted by molar-refractivity contribution is 7.99. The van der Waals surface area contributed by atoms with Gasteiger partial charge >= 0.3 is 0 Å². The lowest BCUT2D eigenvalue weighted by Gasteiger charge is -2.32. The molecule has 2 aromatic rings. The summed E-state index contributed by atoms with van der Waals surface area (Å²) in [7, 11) is 0. The molecule has 2 aromatic carbocycles. The lowest BCUT2D eigenvalue weighted by atomic mass is 9.99. The third-order valence-corrected chi connectivity index (χ3v) is 7.09. The number of alkyl halides is 1. The first-order valence-electron chi connectivity index (χ1n) is 10.6. The molecule has 0 aromatic heterocycles. The van der Waals surface area contributed by atoms with E-state index in [1.807, 2.05) is 13.0 Å². The number of halogens is 2. The zero-order chi connectivity index (χ0) is 21.3. The minimum absolute atomic E-state index is 0.104. The van der Waals surface area contributed by atoms with Gasteiger partial charge in [-0.05, 0) is 72.9 Å².